The maximum Gasteiger partial charge on any atom is 0.343 e. The lowest BCUT2D eigenvalue weighted by atomic mass is 10.1. The highest BCUT2D eigenvalue weighted by Gasteiger charge is 2.33. The molecule has 4 aromatic heterocycles. The van der Waals surface area contributed by atoms with Crippen molar-refractivity contribution in [1.29, 1.82) is 0 Å². The summed E-state index contributed by atoms with van der Waals surface area (Å²) in [5.74, 6) is -1.78. The molecule has 0 aliphatic carbocycles. The molecule has 1 unspecified atom stereocenters. The number of imidazole rings is 1. The number of carboxylic acids is 2. The lowest BCUT2D eigenvalue weighted by Gasteiger charge is -2.33. The fraction of sp³-hybridized carbons (Fsp3) is 0.375. The fourth-order valence-electron chi connectivity index (χ4n) is 5.17. The standard InChI is InChI=1S/C20H22N8O5.C7H15Cl2N2O2P.C5H5N5S/c1-28(9-11-8-23-17-15(24-11)16(21)26-20(22)27-17)12-4-2-10(3-5-12)18(31)25-13(19(32)33)6-7-14(29)30;8-2-5-11(6-3-9)14(12)10-4-1-7-13-14;6-5-9-3-2(4(11)10-5)7-1-8-3/h2-5,8,13H,6-7,9H2,1H3,(H,25,31)(H,29,30)(H,32,33)(H4,21,22,23,26,27);1-7H2,(H,10,12);1H,(H4,6,7,8,9,10,11)/t13-;;/m0../s1. The van der Waals surface area contributed by atoms with Crippen LogP contribution in [0.4, 0.5) is 23.4 Å². The van der Waals surface area contributed by atoms with Gasteiger partial charge in [0.15, 0.2) is 27.3 Å². The van der Waals surface area contributed by atoms with Gasteiger partial charge >= 0.3 is 19.6 Å². The molecule has 22 nitrogen and oxygen atoms in total. The molecule has 58 heavy (non-hydrogen) atoms. The summed E-state index contributed by atoms with van der Waals surface area (Å²) < 4.78 is 19.6. The first kappa shape index (κ1) is 45.4. The molecule has 26 heteroatoms. The Morgan fingerprint density at radius 3 is 2.38 bits per heavy atom. The van der Waals surface area contributed by atoms with E-state index in [9.17, 15) is 24.1 Å². The number of rotatable bonds is 14. The molecule has 1 aliphatic rings. The molecule has 1 aliphatic heterocycles. The van der Waals surface area contributed by atoms with Crippen LogP contribution in [0.1, 0.15) is 35.3 Å². The van der Waals surface area contributed by atoms with Crippen LogP contribution >= 0.6 is 43.1 Å². The molecule has 1 amide bonds. The SMILES string of the molecule is CN(Cc1cnc2nc(N)nc(N)c2n1)c1ccc(C(=O)N[C@@H](CCC(=O)O)C(=O)O)cc1.Nc1nc(=S)c2[nH]cnc2[nH]1.O=P1(N(CCCl)CCCl)NCCCO1. The van der Waals surface area contributed by atoms with Crippen molar-refractivity contribution in [2.45, 2.75) is 31.8 Å². The Bertz CT molecular complexity index is 2290. The quantitative estimate of drug-likeness (QED) is 0.0440. The number of alkyl halides is 2. The highest BCUT2D eigenvalue weighted by molar-refractivity contribution is 7.71. The monoisotopic (exact) mass is 881 g/mol. The molecule has 5 aromatic rings. The van der Waals surface area contributed by atoms with Gasteiger partial charge in [0.25, 0.3) is 5.91 Å². The third-order valence-corrected chi connectivity index (χ3v) is 10.9. The highest BCUT2D eigenvalue weighted by Crippen LogP contribution is 2.48. The zero-order valence-electron chi connectivity index (χ0n) is 31.0. The van der Waals surface area contributed by atoms with E-state index >= 15 is 0 Å². The molecule has 5 heterocycles. The molecule has 6 rings (SSSR count). The van der Waals surface area contributed by atoms with Gasteiger partial charge in [0, 0.05) is 56.1 Å². The molecule has 312 valence electrons. The Hall–Kier alpha value is -5.29. The third-order valence-electron chi connectivity index (χ3n) is 8.00. The molecule has 1 aromatic carbocycles. The van der Waals surface area contributed by atoms with E-state index in [0.29, 0.717) is 70.7 Å². The molecule has 12 N–H and O–H groups in total. The zero-order valence-corrected chi connectivity index (χ0v) is 34.2. The molecular weight excluding hydrogens is 840 g/mol. The first-order valence-corrected chi connectivity index (χ1v) is 20.4. The number of aromatic amines is 2. The minimum absolute atomic E-state index is 0.0138. The van der Waals surface area contributed by atoms with E-state index in [4.69, 9.17) is 62.3 Å². The van der Waals surface area contributed by atoms with Crippen molar-refractivity contribution in [2.75, 3.05) is 67.1 Å². The Balaban J connectivity index is 0.000000241. The van der Waals surface area contributed by atoms with Crippen LogP contribution in [-0.4, -0.2) is 124 Å². The molecule has 0 saturated carbocycles. The van der Waals surface area contributed by atoms with Gasteiger partial charge in [-0.25, -0.2) is 34.5 Å². The number of nitrogens with zero attached hydrogens (tertiary/aromatic N) is 8. The number of halogens is 2. The highest BCUT2D eigenvalue weighted by atomic mass is 35.5. The molecule has 0 spiro atoms. The summed E-state index contributed by atoms with van der Waals surface area (Å²) in [6.07, 6.45) is 3.39. The minimum atomic E-state index is -2.84. The van der Waals surface area contributed by atoms with Gasteiger partial charge in [-0.1, -0.05) is 12.2 Å². The van der Waals surface area contributed by atoms with E-state index < -0.39 is 31.6 Å². The van der Waals surface area contributed by atoms with E-state index in [1.807, 2.05) is 11.9 Å². The van der Waals surface area contributed by atoms with Crippen LogP contribution in [0, 0.1) is 4.64 Å². The number of nitrogens with one attached hydrogen (secondary N) is 4. The van der Waals surface area contributed by atoms with Crippen LogP contribution in [-0.2, 0) is 25.2 Å². The summed E-state index contributed by atoms with van der Waals surface area (Å²) >= 11 is 16.2. The predicted molar refractivity (Wildman–Crippen MR) is 221 cm³/mol. The number of aliphatic carboxylic acids is 2. The van der Waals surface area contributed by atoms with Crippen LogP contribution in [0.25, 0.3) is 22.3 Å². The van der Waals surface area contributed by atoms with Crippen molar-refractivity contribution in [3.05, 3.63) is 52.7 Å². The van der Waals surface area contributed by atoms with Crippen molar-refractivity contribution in [2.24, 2.45) is 0 Å². The van der Waals surface area contributed by atoms with Crippen LogP contribution < -0.4 is 32.5 Å². The first-order valence-electron chi connectivity index (χ1n) is 17.3. The molecule has 1 saturated heterocycles. The van der Waals surface area contributed by atoms with Gasteiger partial charge in [0.05, 0.1) is 31.4 Å². The largest absolute Gasteiger partial charge is 0.481 e. The number of anilines is 4. The Kier molecular flexibility index (Phi) is 16.8. The van der Waals surface area contributed by atoms with Gasteiger partial charge in [-0.3, -0.25) is 14.2 Å². The van der Waals surface area contributed by atoms with Crippen LogP contribution in [0.3, 0.4) is 0 Å². The summed E-state index contributed by atoms with van der Waals surface area (Å²) in [5, 5.41) is 23.2. The zero-order chi connectivity index (χ0) is 42.4. The number of amides is 1. The molecule has 1 fully saturated rings. The topological polar surface area (TPSA) is 335 Å². The lowest BCUT2D eigenvalue weighted by molar-refractivity contribution is -0.140. The molecule has 2 atom stereocenters. The number of carbonyl (C=O) groups excluding carboxylic acids is 1. The predicted octanol–water partition coefficient (Wildman–Crippen LogP) is 2.75. The number of nitrogens with two attached hydrogens (primary N) is 3. The summed E-state index contributed by atoms with van der Waals surface area (Å²) in [6, 6.07) is 5.16. The van der Waals surface area contributed by atoms with E-state index in [1.165, 1.54) is 18.5 Å². The van der Waals surface area contributed by atoms with Gasteiger partial charge < -0.3 is 52.1 Å². The van der Waals surface area contributed by atoms with Gasteiger partial charge in [-0.2, -0.15) is 9.97 Å². The maximum atomic E-state index is 12.4. The average molecular weight is 883 g/mol. The second-order valence-corrected chi connectivity index (χ2v) is 15.5. The van der Waals surface area contributed by atoms with Gasteiger partial charge in [-0.15, -0.1) is 23.2 Å². The number of nitrogen functional groups attached to an aromatic ring is 3. The van der Waals surface area contributed by atoms with E-state index in [0.717, 1.165) is 18.7 Å². The third kappa shape index (κ3) is 12.9. The molecular formula is C32H42Cl2N15O7PS. The number of hydrogen-bond acceptors (Lipinski definition) is 16. The van der Waals surface area contributed by atoms with Crippen LogP contribution in [0.2, 0.25) is 0 Å². The Morgan fingerprint density at radius 2 is 1.76 bits per heavy atom. The second kappa shape index (κ2) is 21.5. The number of carbonyl (C=O) groups is 3. The number of carboxylic acid groups (broad SMARTS) is 2. The van der Waals surface area contributed by atoms with Crippen molar-refractivity contribution >= 4 is 107 Å². The van der Waals surface area contributed by atoms with E-state index in [2.05, 4.69) is 50.3 Å². The van der Waals surface area contributed by atoms with Crippen LogP contribution in [0.15, 0.2) is 36.8 Å². The average Bonchev–Trinajstić information content (AvgIpc) is 3.66. The van der Waals surface area contributed by atoms with E-state index in [-0.39, 0.29) is 36.1 Å². The van der Waals surface area contributed by atoms with Crippen molar-refractivity contribution < 1.29 is 33.7 Å². The summed E-state index contributed by atoms with van der Waals surface area (Å²) in [6.45, 7) is 2.68. The second-order valence-electron chi connectivity index (χ2n) is 12.2. The number of aromatic nitrogens is 8. The summed E-state index contributed by atoms with van der Waals surface area (Å²) in [4.78, 5) is 66.1. The number of hydrogen-bond donors (Lipinski definition) is 9. The molecule has 0 bridgehead atoms. The first-order chi connectivity index (χ1) is 27.6. The van der Waals surface area contributed by atoms with Crippen molar-refractivity contribution in [3.63, 3.8) is 0 Å². The molecule has 0 radical (unpaired) electrons. The van der Waals surface area contributed by atoms with Crippen LogP contribution in [0.5, 0.6) is 0 Å². The minimum Gasteiger partial charge on any atom is -0.481 e. The van der Waals surface area contributed by atoms with E-state index in [1.54, 1.807) is 23.0 Å². The smallest absolute Gasteiger partial charge is 0.343 e. The number of H-pyrrole nitrogens is 2. The van der Waals surface area contributed by atoms with Crippen molar-refractivity contribution in [3.8, 4) is 0 Å². The maximum absolute atomic E-state index is 12.4. The number of fused-ring (bicyclic) bond motifs is 2. The number of benzene rings is 1. The van der Waals surface area contributed by atoms with Gasteiger partial charge in [0.2, 0.25) is 11.9 Å². The van der Waals surface area contributed by atoms with Gasteiger partial charge in [0.1, 0.15) is 11.6 Å². The normalized spacial score (nSPS) is 15.4. The fourth-order valence-corrected chi connectivity index (χ4v) is 8.07. The summed E-state index contributed by atoms with van der Waals surface area (Å²) in [5.41, 5.74) is 20.4. The Labute approximate surface area is 345 Å². The van der Waals surface area contributed by atoms with Crippen molar-refractivity contribution in [1.82, 2.24) is 54.9 Å². The van der Waals surface area contributed by atoms with Gasteiger partial charge in [-0.05, 0) is 37.1 Å². The lowest BCUT2D eigenvalue weighted by Crippen LogP contribution is -2.41. The summed E-state index contributed by atoms with van der Waals surface area (Å²) in [7, 11) is -1.03. The Morgan fingerprint density at radius 1 is 1.05 bits per heavy atom.